The minimum Gasteiger partial charge on any atom is -0.460 e. The fraction of sp³-hybridized carbons (Fsp3) is 0.436. The summed E-state index contributed by atoms with van der Waals surface area (Å²) in [5.74, 6) is 0.0378. The molecule has 1 aromatic heterocycles. The molecule has 6 rings (SSSR count). The van der Waals surface area contributed by atoms with Crippen molar-refractivity contribution in [1.82, 2.24) is 20.4 Å². The van der Waals surface area contributed by atoms with Gasteiger partial charge < -0.3 is 25.3 Å². The lowest BCUT2D eigenvalue weighted by Crippen LogP contribution is -2.61. The van der Waals surface area contributed by atoms with Crippen LogP contribution in [0.4, 0.5) is 0 Å². The minimum absolute atomic E-state index is 0.0866. The van der Waals surface area contributed by atoms with Gasteiger partial charge in [0, 0.05) is 49.4 Å². The second-order valence-electron chi connectivity index (χ2n) is 14.9. The molecule has 53 heavy (non-hydrogen) atoms. The first-order chi connectivity index (χ1) is 25.0. The van der Waals surface area contributed by atoms with Gasteiger partial charge in [-0.15, -0.1) is 0 Å². The highest BCUT2D eigenvalue weighted by atomic mass is 32.3. The minimum atomic E-state index is -4.67. The summed E-state index contributed by atoms with van der Waals surface area (Å²) in [6, 6.07) is 26.6. The molecule has 13 nitrogen and oxygen atoms in total. The first-order valence-corrected chi connectivity index (χ1v) is 19.2. The van der Waals surface area contributed by atoms with E-state index in [0.29, 0.717) is 39.0 Å². The lowest BCUT2D eigenvalue weighted by atomic mass is 9.91. The van der Waals surface area contributed by atoms with Gasteiger partial charge in [0.05, 0.1) is 24.8 Å². The van der Waals surface area contributed by atoms with Gasteiger partial charge in [-0.25, -0.2) is 0 Å². The van der Waals surface area contributed by atoms with Crippen LogP contribution < -0.4 is 10.6 Å². The third-order valence-electron chi connectivity index (χ3n) is 9.43. The number of piperazine rings is 1. The molecule has 0 radical (unpaired) electrons. The standard InChI is InChI=1S/C39H48N4O5.H2O4S/c1-39(2,3)41-38(47)33-25-42(24-31-21-28-14-8-10-16-35(28)48-31)17-18-43(33)23-30(44)20-29(19-26-11-5-4-6-12-26)37(46)40-36-32-15-9-7-13-27(32)22-34(36)45;1-5(2,3)4/h4-16,21,29-30,33-34,36,44-45H,17-20,22-25H2,1-3H3,(H,40,46)(H,41,47);(H2,1,2,3,4)/t29-,30-,33-,34+,36-;/m0./s1. The number of carbonyl (C=O) groups is 2. The zero-order valence-corrected chi connectivity index (χ0v) is 31.1. The maximum Gasteiger partial charge on any atom is 0.394 e. The molecule has 4 aromatic rings. The van der Waals surface area contributed by atoms with E-state index in [9.17, 15) is 19.8 Å². The highest BCUT2D eigenvalue weighted by molar-refractivity contribution is 7.79. The van der Waals surface area contributed by atoms with Crippen LogP contribution in [0.2, 0.25) is 0 Å². The number of nitrogens with one attached hydrogen (secondary N) is 2. The first-order valence-electron chi connectivity index (χ1n) is 17.8. The van der Waals surface area contributed by atoms with Crippen molar-refractivity contribution in [2.45, 2.75) is 76.4 Å². The second-order valence-corrected chi connectivity index (χ2v) is 15.8. The number of carbonyl (C=O) groups excluding carboxylic acids is 2. The van der Waals surface area contributed by atoms with Crippen LogP contribution in [-0.2, 0) is 39.4 Å². The predicted molar refractivity (Wildman–Crippen MR) is 200 cm³/mol. The molecule has 286 valence electrons. The summed E-state index contributed by atoms with van der Waals surface area (Å²) in [6.45, 7) is 8.51. The number of aliphatic hydroxyl groups is 2. The van der Waals surface area contributed by atoms with Gasteiger partial charge in [0.15, 0.2) is 0 Å². The summed E-state index contributed by atoms with van der Waals surface area (Å²) < 4.78 is 37.7. The molecular formula is C39H50N4O9S. The monoisotopic (exact) mass is 750 g/mol. The maximum absolute atomic E-state index is 13.9. The molecule has 6 N–H and O–H groups in total. The second kappa shape index (κ2) is 17.3. The zero-order chi connectivity index (χ0) is 38.3. The van der Waals surface area contributed by atoms with Crippen LogP contribution >= 0.6 is 0 Å². The molecule has 3 aromatic carbocycles. The topological polar surface area (TPSA) is 193 Å². The highest BCUT2D eigenvalue weighted by Crippen LogP contribution is 2.32. The molecule has 0 saturated carbocycles. The Labute approximate surface area is 310 Å². The number of rotatable bonds is 11. The van der Waals surface area contributed by atoms with E-state index in [1.54, 1.807) is 0 Å². The van der Waals surface area contributed by atoms with Crippen molar-refractivity contribution in [2.24, 2.45) is 5.92 Å². The SMILES string of the molecule is CC(C)(C)NC(=O)[C@@H]1CN(Cc2cc3ccccc3o2)CCN1C[C@@H](O)C[C@H](Cc1ccccc1)C(=O)N[C@H]1c2ccccc2C[C@H]1O.O=S(=O)(O)O. The van der Waals surface area contributed by atoms with Gasteiger partial charge in [-0.3, -0.25) is 28.5 Å². The third-order valence-corrected chi connectivity index (χ3v) is 9.43. The van der Waals surface area contributed by atoms with Crippen molar-refractivity contribution in [1.29, 1.82) is 0 Å². The summed E-state index contributed by atoms with van der Waals surface area (Å²) in [5, 5.41) is 29.7. The van der Waals surface area contributed by atoms with Crippen molar-refractivity contribution in [2.75, 3.05) is 26.2 Å². The summed E-state index contributed by atoms with van der Waals surface area (Å²) >= 11 is 0. The normalized spacial score (nSPS) is 20.5. The van der Waals surface area contributed by atoms with Crippen molar-refractivity contribution in [3.63, 3.8) is 0 Å². The van der Waals surface area contributed by atoms with Crippen LogP contribution in [-0.4, -0.2) is 99.3 Å². The van der Waals surface area contributed by atoms with E-state index < -0.39 is 46.1 Å². The molecule has 1 aliphatic heterocycles. The van der Waals surface area contributed by atoms with E-state index in [2.05, 4.69) is 26.5 Å². The lowest BCUT2D eigenvalue weighted by molar-refractivity contribution is -0.132. The maximum atomic E-state index is 13.9. The largest absolute Gasteiger partial charge is 0.460 e. The van der Waals surface area contributed by atoms with Crippen molar-refractivity contribution in [3.05, 3.63) is 107 Å². The Morgan fingerprint density at radius 1 is 0.962 bits per heavy atom. The molecule has 5 atom stereocenters. The highest BCUT2D eigenvalue weighted by Gasteiger charge is 2.37. The summed E-state index contributed by atoms with van der Waals surface area (Å²) in [4.78, 5) is 31.8. The average molecular weight is 751 g/mol. The van der Waals surface area contributed by atoms with Gasteiger partial charge in [0.2, 0.25) is 11.8 Å². The van der Waals surface area contributed by atoms with E-state index in [-0.39, 0.29) is 24.8 Å². The Balaban J connectivity index is 0.00000101. The third kappa shape index (κ3) is 11.9. The lowest BCUT2D eigenvalue weighted by Gasteiger charge is -2.42. The Morgan fingerprint density at radius 2 is 1.62 bits per heavy atom. The zero-order valence-electron chi connectivity index (χ0n) is 30.3. The molecule has 1 aliphatic carbocycles. The van der Waals surface area contributed by atoms with Gasteiger partial charge in [-0.1, -0.05) is 72.8 Å². The number of benzene rings is 3. The number of hydrogen-bond donors (Lipinski definition) is 6. The molecule has 0 unspecified atom stereocenters. The quantitative estimate of drug-likeness (QED) is 0.123. The van der Waals surface area contributed by atoms with Gasteiger partial charge in [0.1, 0.15) is 17.4 Å². The Bertz CT molecular complexity index is 1910. The van der Waals surface area contributed by atoms with E-state index >= 15 is 0 Å². The average Bonchev–Trinajstić information content (AvgIpc) is 3.63. The van der Waals surface area contributed by atoms with Crippen LogP contribution in [0.15, 0.2) is 89.3 Å². The van der Waals surface area contributed by atoms with Crippen LogP contribution in [0.3, 0.4) is 0 Å². The van der Waals surface area contributed by atoms with Gasteiger partial charge >= 0.3 is 10.4 Å². The van der Waals surface area contributed by atoms with Crippen LogP contribution in [0.25, 0.3) is 11.0 Å². The Hall–Kier alpha value is -4.15. The molecule has 14 heteroatoms. The number of aliphatic hydroxyl groups excluding tert-OH is 2. The molecule has 0 spiro atoms. The Kier molecular flexibility index (Phi) is 13.1. The molecular weight excluding hydrogens is 701 g/mol. The summed E-state index contributed by atoms with van der Waals surface area (Å²) in [5.41, 5.74) is 3.40. The number of hydrogen-bond acceptors (Lipinski definition) is 9. The van der Waals surface area contributed by atoms with Crippen LogP contribution in [0, 0.1) is 5.92 Å². The van der Waals surface area contributed by atoms with Crippen molar-refractivity contribution < 1.29 is 41.7 Å². The number of fused-ring (bicyclic) bond motifs is 2. The fourth-order valence-corrected chi connectivity index (χ4v) is 7.15. The molecule has 0 bridgehead atoms. The van der Waals surface area contributed by atoms with Crippen LogP contribution in [0.5, 0.6) is 0 Å². The molecule has 1 saturated heterocycles. The Morgan fingerprint density at radius 3 is 2.32 bits per heavy atom. The first kappa shape index (κ1) is 40.0. The number of β-amino-alcohol motifs (C(OH)–C–C–N with tert-alkyl or cyclic N) is 1. The van der Waals surface area contributed by atoms with E-state index in [1.807, 2.05) is 99.6 Å². The molecule has 2 heterocycles. The number of furan rings is 1. The molecule has 1 fully saturated rings. The van der Waals surface area contributed by atoms with Crippen LogP contribution in [0.1, 0.15) is 55.7 Å². The van der Waals surface area contributed by atoms with E-state index in [1.165, 1.54) is 0 Å². The number of para-hydroxylation sites is 1. The smallest absolute Gasteiger partial charge is 0.394 e. The van der Waals surface area contributed by atoms with Gasteiger partial charge in [-0.05, 0) is 62.4 Å². The van der Waals surface area contributed by atoms with E-state index in [4.69, 9.17) is 21.9 Å². The summed E-state index contributed by atoms with van der Waals surface area (Å²) in [7, 11) is -4.67. The van der Waals surface area contributed by atoms with Crippen molar-refractivity contribution >= 4 is 33.2 Å². The molecule has 2 amide bonds. The predicted octanol–water partition coefficient (Wildman–Crippen LogP) is 3.57. The van der Waals surface area contributed by atoms with Gasteiger partial charge in [0.25, 0.3) is 0 Å². The fourth-order valence-electron chi connectivity index (χ4n) is 7.15. The number of nitrogens with zero attached hydrogens (tertiary/aromatic N) is 2. The van der Waals surface area contributed by atoms with E-state index in [0.717, 1.165) is 33.4 Å². The molecule has 2 aliphatic rings. The summed E-state index contributed by atoms with van der Waals surface area (Å²) in [6.07, 6.45) is -0.387. The van der Waals surface area contributed by atoms with Gasteiger partial charge in [-0.2, -0.15) is 8.42 Å². The van der Waals surface area contributed by atoms with Crippen molar-refractivity contribution in [3.8, 4) is 0 Å². The number of amides is 2.